The minimum atomic E-state index is -0.231. The van der Waals surface area contributed by atoms with Gasteiger partial charge in [-0.3, -0.25) is 0 Å². The molecule has 0 bridgehead atoms. The lowest BCUT2D eigenvalue weighted by molar-refractivity contribution is 0.284. The molecule has 1 unspecified atom stereocenters. The second-order valence-corrected chi connectivity index (χ2v) is 4.43. The van der Waals surface area contributed by atoms with Crippen LogP contribution in [0.3, 0.4) is 0 Å². The summed E-state index contributed by atoms with van der Waals surface area (Å²) in [6.45, 7) is 0.880. The predicted octanol–water partition coefficient (Wildman–Crippen LogP) is 2.89. The van der Waals surface area contributed by atoms with Crippen molar-refractivity contribution in [2.45, 2.75) is 12.5 Å². The van der Waals surface area contributed by atoms with Gasteiger partial charge >= 0.3 is 0 Å². The van der Waals surface area contributed by atoms with Crippen molar-refractivity contribution in [1.82, 2.24) is 5.32 Å². The van der Waals surface area contributed by atoms with E-state index in [1.165, 1.54) is 12.1 Å². The molecule has 100 valence electrons. The van der Waals surface area contributed by atoms with Gasteiger partial charge in [-0.25, -0.2) is 4.39 Å². The van der Waals surface area contributed by atoms with Gasteiger partial charge in [0.1, 0.15) is 5.82 Å². The fraction of sp³-hybridized carbons (Fsp3) is 0.250. The Morgan fingerprint density at radius 2 is 1.58 bits per heavy atom. The van der Waals surface area contributed by atoms with Crippen molar-refractivity contribution in [3.05, 3.63) is 71.5 Å². The Morgan fingerprint density at radius 1 is 0.947 bits per heavy atom. The topological polar surface area (TPSA) is 32.3 Å². The smallest absolute Gasteiger partial charge is 0.123 e. The quantitative estimate of drug-likeness (QED) is 0.782. The van der Waals surface area contributed by atoms with E-state index < -0.39 is 0 Å². The first-order valence-corrected chi connectivity index (χ1v) is 6.46. The van der Waals surface area contributed by atoms with E-state index in [0.717, 1.165) is 11.1 Å². The third-order valence-electron chi connectivity index (χ3n) is 3.02. The van der Waals surface area contributed by atoms with Crippen LogP contribution in [0.2, 0.25) is 0 Å². The summed E-state index contributed by atoms with van der Waals surface area (Å²) in [6, 6.07) is 16.6. The summed E-state index contributed by atoms with van der Waals surface area (Å²) in [5.41, 5.74) is 2.15. The number of rotatable bonds is 6. The maximum absolute atomic E-state index is 13.0. The van der Waals surface area contributed by atoms with Gasteiger partial charge < -0.3 is 10.4 Å². The van der Waals surface area contributed by atoms with Crippen LogP contribution in [0.15, 0.2) is 54.6 Å². The van der Waals surface area contributed by atoms with Crippen LogP contribution in [-0.4, -0.2) is 18.3 Å². The summed E-state index contributed by atoms with van der Waals surface area (Å²) in [6.07, 6.45) is 0.699. The van der Waals surface area contributed by atoms with Crippen molar-refractivity contribution in [3.63, 3.8) is 0 Å². The van der Waals surface area contributed by atoms with Gasteiger partial charge in [-0.2, -0.15) is 0 Å². The highest BCUT2D eigenvalue weighted by Gasteiger charge is 2.12. The van der Waals surface area contributed by atoms with Gasteiger partial charge in [0, 0.05) is 6.61 Å². The molecule has 19 heavy (non-hydrogen) atoms. The first-order chi connectivity index (χ1) is 9.31. The molecule has 2 nitrogen and oxygen atoms in total. The van der Waals surface area contributed by atoms with E-state index in [2.05, 4.69) is 5.32 Å². The molecule has 0 amide bonds. The standard InChI is InChI=1S/C16H18FNO/c17-15-9-7-14(8-10-15)16(18-11-4-12-19)13-5-2-1-3-6-13/h1-3,5-10,16,18-19H,4,11-12H2. The molecular weight excluding hydrogens is 241 g/mol. The Labute approximate surface area is 112 Å². The maximum atomic E-state index is 13.0. The minimum absolute atomic E-state index is 0.0216. The number of benzene rings is 2. The SMILES string of the molecule is OCCCNC(c1ccccc1)c1ccc(F)cc1. The van der Waals surface area contributed by atoms with Gasteiger partial charge in [-0.15, -0.1) is 0 Å². The number of halogens is 1. The molecule has 2 rings (SSSR count). The highest BCUT2D eigenvalue weighted by Crippen LogP contribution is 2.22. The van der Waals surface area contributed by atoms with E-state index in [1.807, 2.05) is 30.3 Å². The van der Waals surface area contributed by atoms with Crippen molar-refractivity contribution in [3.8, 4) is 0 Å². The normalized spacial score (nSPS) is 12.3. The number of nitrogens with one attached hydrogen (secondary N) is 1. The van der Waals surface area contributed by atoms with Crippen LogP contribution < -0.4 is 5.32 Å². The molecule has 0 aliphatic rings. The van der Waals surface area contributed by atoms with E-state index in [0.29, 0.717) is 13.0 Å². The fourth-order valence-corrected chi connectivity index (χ4v) is 2.05. The first-order valence-electron chi connectivity index (χ1n) is 6.46. The third kappa shape index (κ3) is 3.88. The van der Waals surface area contributed by atoms with E-state index >= 15 is 0 Å². The predicted molar refractivity (Wildman–Crippen MR) is 74.4 cm³/mol. The molecule has 0 radical (unpaired) electrons. The lowest BCUT2D eigenvalue weighted by Crippen LogP contribution is -2.24. The van der Waals surface area contributed by atoms with Crippen molar-refractivity contribution >= 4 is 0 Å². The van der Waals surface area contributed by atoms with E-state index in [9.17, 15) is 4.39 Å². The zero-order chi connectivity index (χ0) is 13.5. The summed E-state index contributed by atoms with van der Waals surface area (Å²) >= 11 is 0. The molecular formula is C16H18FNO. The number of aliphatic hydroxyl groups excluding tert-OH is 1. The molecule has 3 heteroatoms. The Hall–Kier alpha value is -1.71. The molecule has 0 heterocycles. The summed E-state index contributed by atoms with van der Waals surface area (Å²) in [5, 5.41) is 12.3. The molecule has 2 aromatic carbocycles. The van der Waals surface area contributed by atoms with Gasteiger partial charge in [0.25, 0.3) is 0 Å². The third-order valence-corrected chi connectivity index (χ3v) is 3.02. The van der Waals surface area contributed by atoms with Gasteiger partial charge in [0.05, 0.1) is 6.04 Å². The minimum Gasteiger partial charge on any atom is -0.396 e. The molecule has 1 atom stereocenters. The zero-order valence-electron chi connectivity index (χ0n) is 10.7. The summed E-state index contributed by atoms with van der Waals surface area (Å²) in [4.78, 5) is 0. The van der Waals surface area contributed by atoms with Crippen molar-refractivity contribution in [2.24, 2.45) is 0 Å². The molecule has 0 fully saturated rings. The van der Waals surface area contributed by atoms with Crippen LogP contribution in [-0.2, 0) is 0 Å². The summed E-state index contributed by atoms with van der Waals surface area (Å²) in [7, 11) is 0. The number of hydrogen-bond donors (Lipinski definition) is 2. The summed E-state index contributed by atoms with van der Waals surface area (Å²) < 4.78 is 13.0. The Bertz CT molecular complexity index is 484. The van der Waals surface area contributed by atoms with Crippen LogP contribution in [0.25, 0.3) is 0 Å². The number of aliphatic hydroxyl groups is 1. The molecule has 0 spiro atoms. The van der Waals surface area contributed by atoms with E-state index in [4.69, 9.17) is 5.11 Å². The average Bonchev–Trinajstić information content (AvgIpc) is 2.46. The van der Waals surface area contributed by atoms with Gasteiger partial charge in [-0.1, -0.05) is 42.5 Å². The fourth-order valence-electron chi connectivity index (χ4n) is 2.05. The van der Waals surface area contributed by atoms with Crippen molar-refractivity contribution in [1.29, 1.82) is 0 Å². The van der Waals surface area contributed by atoms with Gasteiger partial charge in [-0.05, 0) is 36.2 Å². The number of hydrogen-bond acceptors (Lipinski definition) is 2. The monoisotopic (exact) mass is 259 g/mol. The zero-order valence-corrected chi connectivity index (χ0v) is 10.7. The lowest BCUT2D eigenvalue weighted by Gasteiger charge is -2.19. The van der Waals surface area contributed by atoms with Crippen molar-refractivity contribution < 1.29 is 9.50 Å². The second kappa shape index (κ2) is 7.02. The van der Waals surface area contributed by atoms with Crippen LogP contribution in [0.1, 0.15) is 23.6 Å². The molecule has 2 aromatic rings. The van der Waals surface area contributed by atoms with Crippen LogP contribution in [0.4, 0.5) is 4.39 Å². The molecule has 0 aliphatic heterocycles. The van der Waals surface area contributed by atoms with Crippen LogP contribution >= 0.6 is 0 Å². The van der Waals surface area contributed by atoms with Crippen molar-refractivity contribution in [2.75, 3.05) is 13.2 Å². The van der Waals surface area contributed by atoms with Crippen LogP contribution in [0, 0.1) is 5.82 Å². The second-order valence-electron chi connectivity index (χ2n) is 4.43. The highest BCUT2D eigenvalue weighted by molar-refractivity contribution is 5.31. The highest BCUT2D eigenvalue weighted by atomic mass is 19.1. The largest absolute Gasteiger partial charge is 0.396 e. The molecule has 0 saturated heterocycles. The van der Waals surface area contributed by atoms with E-state index in [-0.39, 0.29) is 18.5 Å². The lowest BCUT2D eigenvalue weighted by atomic mass is 9.98. The van der Waals surface area contributed by atoms with Gasteiger partial charge in [0.15, 0.2) is 0 Å². The maximum Gasteiger partial charge on any atom is 0.123 e. The molecule has 0 saturated carbocycles. The Morgan fingerprint density at radius 3 is 2.21 bits per heavy atom. The molecule has 2 N–H and O–H groups in total. The summed E-state index contributed by atoms with van der Waals surface area (Å²) in [5.74, 6) is -0.231. The van der Waals surface area contributed by atoms with E-state index in [1.54, 1.807) is 12.1 Å². The Balaban J connectivity index is 2.21. The van der Waals surface area contributed by atoms with Crippen LogP contribution in [0.5, 0.6) is 0 Å². The molecule has 0 aromatic heterocycles. The first kappa shape index (κ1) is 13.7. The Kier molecular flexibility index (Phi) is 5.07. The average molecular weight is 259 g/mol. The molecule has 0 aliphatic carbocycles. The van der Waals surface area contributed by atoms with Gasteiger partial charge in [0.2, 0.25) is 0 Å².